The predicted octanol–water partition coefficient (Wildman–Crippen LogP) is 1.63. The quantitative estimate of drug-likeness (QED) is 0.603. The first-order valence-corrected chi connectivity index (χ1v) is 7.71. The second kappa shape index (κ2) is 5.38. The summed E-state index contributed by atoms with van der Waals surface area (Å²) in [6.07, 6.45) is 2.45. The van der Waals surface area contributed by atoms with E-state index in [2.05, 4.69) is 7.05 Å². The molecule has 1 aliphatic rings. The van der Waals surface area contributed by atoms with E-state index in [-0.39, 0.29) is 11.5 Å². The number of quaternary nitrogens is 1. The summed E-state index contributed by atoms with van der Waals surface area (Å²) in [5.74, 6) is 0. The summed E-state index contributed by atoms with van der Waals surface area (Å²) in [6.45, 7) is 3.25. The van der Waals surface area contributed by atoms with Crippen LogP contribution < -0.4 is 0 Å². The number of nitrogens with zero attached hydrogens (tertiary/aromatic N) is 1. The highest BCUT2D eigenvalue weighted by molar-refractivity contribution is 7.86. The fourth-order valence-electron chi connectivity index (χ4n) is 2.35. The van der Waals surface area contributed by atoms with Gasteiger partial charge in [-0.05, 0) is 12.1 Å². The predicted molar refractivity (Wildman–Crippen MR) is 69.6 cm³/mol. The average molecular weight is 270 g/mol. The first-order chi connectivity index (χ1) is 8.52. The molecule has 1 fully saturated rings. The molecule has 0 radical (unpaired) electrons. The molecule has 0 spiro atoms. The molecule has 2 rings (SSSR count). The van der Waals surface area contributed by atoms with Crippen molar-refractivity contribution in [1.82, 2.24) is 0 Å². The molecule has 1 aliphatic heterocycles. The molecule has 0 amide bonds. The molecule has 5 heteroatoms. The van der Waals surface area contributed by atoms with Gasteiger partial charge < -0.3 is 4.48 Å². The molecule has 0 unspecified atom stereocenters. The molecule has 0 aliphatic carbocycles. The van der Waals surface area contributed by atoms with E-state index in [1.54, 1.807) is 30.3 Å². The summed E-state index contributed by atoms with van der Waals surface area (Å²) in [4.78, 5) is 0.231. The van der Waals surface area contributed by atoms with Crippen molar-refractivity contribution in [2.24, 2.45) is 0 Å². The number of hydrogen-bond donors (Lipinski definition) is 0. The molecule has 0 saturated carbocycles. The lowest BCUT2D eigenvalue weighted by Gasteiger charge is -2.28. The zero-order valence-electron chi connectivity index (χ0n) is 10.7. The van der Waals surface area contributed by atoms with E-state index < -0.39 is 10.1 Å². The summed E-state index contributed by atoms with van der Waals surface area (Å²) in [6, 6.07) is 8.30. The number of benzene rings is 1. The largest absolute Gasteiger partial charge is 0.324 e. The van der Waals surface area contributed by atoms with Gasteiger partial charge in [-0.3, -0.25) is 4.18 Å². The van der Waals surface area contributed by atoms with Crippen LogP contribution in [0.1, 0.15) is 12.8 Å². The SMILES string of the molecule is C[N+]1(CCOS(=O)(=O)c2ccccc2)CCCC1. The van der Waals surface area contributed by atoms with Gasteiger partial charge in [-0.15, -0.1) is 0 Å². The molecule has 1 heterocycles. The molecule has 1 aromatic carbocycles. The maximum atomic E-state index is 11.9. The van der Waals surface area contributed by atoms with Gasteiger partial charge in [0, 0.05) is 12.8 Å². The lowest BCUT2D eigenvalue weighted by atomic mass is 10.4. The average Bonchev–Trinajstić information content (AvgIpc) is 2.77. The van der Waals surface area contributed by atoms with E-state index in [1.807, 2.05) is 0 Å². The minimum atomic E-state index is -3.59. The van der Waals surface area contributed by atoms with Crippen molar-refractivity contribution in [2.45, 2.75) is 17.7 Å². The van der Waals surface area contributed by atoms with Crippen molar-refractivity contribution in [3.8, 4) is 0 Å². The summed E-state index contributed by atoms with van der Waals surface area (Å²) >= 11 is 0. The van der Waals surface area contributed by atoms with Gasteiger partial charge in [0.15, 0.2) is 0 Å². The van der Waals surface area contributed by atoms with Gasteiger partial charge in [0.25, 0.3) is 10.1 Å². The van der Waals surface area contributed by atoms with Crippen LogP contribution in [0.25, 0.3) is 0 Å². The lowest BCUT2D eigenvalue weighted by molar-refractivity contribution is -0.897. The van der Waals surface area contributed by atoms with E-state index in [1.165, 1.54) is 12.8 Å². The van der Waals surface area contributed by atoms with E-state index in [4.69, 9.17) is 4.18 Å². The van der Waals surface area contributed by atoms with Crippen LogP contribution in [0.3, 0.4) is 0 Å². The first-order valence-electron chi connectivity index (χ1n) is 6.30. The number of likely N-dealkylation sites (N-methyl/N-ethyl adjacent to an activating group) is 1. The van der Waals surface area contributed by atoms with Gasteiger partial charge in [-0.1, -0.05) is 18.2 Å². The van der Waals surface area contributed by atoms with Gasteiger partial charge in [-0.25, -0.2) is 0 Å². The molecule has 1 aromatic rings. The Morgan fingerprint density at radius 2 is 1.78 bits per heavy atom. The summed E-state index contributed by atoms with van der Waals surface area (Å²) in [7, 11) is -1.43. The Morgan fingerprint density at radius 1 is 1.17 bits per heavy atom. The van der Waals surface area contributed by atoms with Gasteiger partial charge in [0.1, 0.15) is 13.2 Å². The van der Waals surface area contributed by atoms with Crippen LogP contribution in [0.2, 0.25) is 0 Å². The smallest absolute Gasteiger partial charge is 0.297 e. The van der Waals surface area contributed by atoms with Crippen LogP contribution in [0.5, 0.6) is 0 Å². The van der Waals surface area contributed by atoms with Crippen LogP contribution >= 0.6 is 0 Å². The Bertz CT molecular complexity index is 478. The number of hydrogen-bond acceptors (Lipinski definition) is 3. The van der Waals surface area contributed by atoms with Crippen molar-refractivity contribution in [2.75, 3.05) is 33.3 Å². The van der Waals surface area contributed by atoms with Crippen LogP contribution in [0.4, 0.5) is 0 Å². The molecule has 0 N–H and O–H groups in total. The van der Waals surface area contributed by atoms with Crippen LogP contribution in [-0.4, -0.2) is 46.2 Å². The number of likely N-dealkylation sites (tertiary alicyclic amines) is 1. The minimum absolute atomic E-state index is 0.231. The third kappa shape index (κ3) is 3.31. The highest BCUT2D eigenvalue weighted by atomic mass is 32.2. The third-order valence-corrected chi connectivity index (χ3v) is 4.87. The Hall–Kier alpha value is -0.910. The van der Waals surface area contributed by atoms with Crippen LogP contribution in [0.15, 0.2) is 35.2 Å². The zero-order chi connectivity index (χ0) is 13.1. The van der Waals surface area contributed by atoms with Gasteiger partial charge >= 0.3 is 0 Å². The Kier molecular flexibility index (Phi) is 4.04. The topological polar surface area (TPSA) is 43.4 Å². The van der Waals surface area contributed by atoms with Crippen LogP contribution in [0, 0.1) is 0 Å². The van der Waals surface area contributed by atoms with Crippen molar-refractivity contribution >= 4 is 10.1 Å². The molecular formula is C13H20NO3S+. The van der Waals surface area contributed by atoms with E-state index in [0.717, 1.165) is 24.1 Å². The van der Waals surface area contributed by atoms with E-state index in [0.29, 0.717) is 0 Å². The molecule has 0 atom stereocenters. The Morgan fingerprint density at radius 3 is 2.39 bits per heavy atom. The molecule has 18 heavy (non-hydrogen) atoms. The maximum absolute atomic E-state index is 11.9. The molecular weight excluding hydrogens is 250 g/mol. The second-order valence-electron chi connectivity index (χ2n) is 5.09. The molecule has 100 valence electrons. The second-order valence-corrected chi connectivity index (χ2v) is 6.70. The fraction of sp³-hybridized carbons (Fsp3) is 0.538. The highest BCUT2D eigenvalue weighted by Crippen LogP contribution is 2.17. The van der Waals surface area contributed by atoms with E-state index in [9.17, 15) is 8.42 Å². The minimum Gasteiger partial charge on any atom is -0.324 e. The van der Waals surface area contributed by atoms with E-state index >= 15 is 0 Å². The van der Waals surface area contributed by atoms with Gasteiger partial charge in [-0.2, -0.15) is 8.42 Å². The summed E-state index contributed by atoms with van der Waals surface area (Å²) < 4.78 is 29.8. The van der Waals surface area contributed by atoms with Crippen molar-refractivity contribution in [1.29, 1.82) is 0 Å². The third-order valence-electron chi connectivity index (χ3n) is 3.55. The maximum Gasteiger partial charge on any atom is 0.297 e. The Balaban J connectivity index is 1.90. The summed E-state index contributed by atoms with van der Waals surface area (Å²) in [5, 5.41) is 0. The molecule has 4 nitrogen and oxygen atoms in total. The summed E-state index contributed by atoms with van der Waals surface area (Å²) in [5.41, 5.74) is 0. The fourth-order valence-corrected chi connectivity index (χ4v) is 3.27. The Labute approximate surface area is 109 Å². The molecule has 0 bridgehead atoms. The first kappa shape index (κ1) is 13.5. The number of rotatable bonds is 5. The van der Waals surface area contributed by atoms with Crippen molar-refractivity contribution in [3.63, 3.8) is 0 Å². The standard InChI is InChI=1S/C13H20NO3S/c1-14(9-5-6-10-14)11-12-17-18(15,16)13-7-3-2-4-8-13/h2-4,7-8H,5-6,9-12H2,1H3/q+1. The monoisotopic (exact) mass is 270 g/mol. The van der Waals surface area contributed by atoms with Crippen molar-refractivity contribution < 1.29 is 17.1 Å². The zero-order valence-corrected chi connectivity index (χ0v) is 11.5. The molecule has 0 aromatic heterocycles. The van der Waals surface area contributed by atoms with Gasteiger partial charge in [0.2, 0.25) is 0 Å². The highest BCUT2D eigenvalue weighted by Gasteiger charge is 2.27. The van der Waals surface area contributed by atoms with Crippen molar-refractivity contribution in [3.05, 3.63) is 30.3 Å². The normalized spacial score (nSPS) is 18.9. The molecule has 1 saturated heterocycles. The van der Waals surface area contributed by atoms with Crippen LogP contribution in [-0.2, 0) is 14.3 Å². The van der Waals surface area contributed by atoms with Gasteiger partial charge in [0.05, 0.1) is 25.0 Å². The lowest BCUT2D eigenvalue weighted by Crippen LogP contribution is -2.43.